The number of amides is 2. The summed E-state index contributed by atoms with van der Waals surface area (Å²) in [5, 5.41) is 0. The van der Waals surface area contributed by atoms with Crippen LogP contribution in [0.15, 0.2) is 24.3 Å². The molecule has 0 N–H and O–H groups in total. The summed E-state index contributed by atoms with van der Waals surface area (Å²) in [6.07, 6.45) is 2.02. The van der Waals surface area contributed by atoms with Crippen LogP contribution in [-0.4, -0.2) is 52.9 Å². The fourth-order valence-corrected chi connectivity index (χ4v) is 5.75. The summed E-state index contributed by atoms with van der Waals surface area (Å²) in [5.41, 5.74) is 7.08. The first-order chi connectivity index (χ1) is 18.4. The van der Waals surface area contributed by atoms with Crippen LogP contribution in [0.25, 0.3) is 11.1 Å². The lowest BCUT2D eigenvalue weighted by atomic mass is 9.83. The highest BCUT2D eigenvalue weighted by molar-refractivity contribution is 6.35. The maximum Gasteiger partial charge on any atom is 0.339 e. The Kier molecular flexibility index (Phi) is 8.50. The lowest BCUT2D eigenvalue weighted by molar-refractivity contribution is -0.166. The number of esters is 1. The average Bonchev–Trinajstić information content (AvgIpc) is 3.36. The van der Waals surface area contributed by atoms with E-state index >= 15 is 0 Å². The number of rotatable bonds is 5. The largest absolute Gasteiger partial charge is 0.464 e. The Balaban J connectivity index is 1.84. The van der Waals surface area contributed by atoms with Gasteiger partial charge in [-0.1, -0.05) is 29.8 Å². The molecule has 2 amide bonds. The number of carbonyl (C=O) groups excluding carboxylic acids is 3. The minimum absolute atomic E-state index is 0.243. The zero-order valence-corrected chi connectivity index (χ0v) is 24.5. The van der Waals surface area contributed by atoms with E-state index in [0.29, 0.717) is 26.2 Å². The standard InChI is InChI=1S/C32H42N2O5/c1-8-38-31(37)28(39-32(5,6)7)27-22(4)25-19-34(30(36)29(35)33-16-10-9-11-17-33)18-24(25)21(3)26(27)23-14-12-20(2)13-15-23/h12-15,28H,8-11,16-19H2,1-7H3/t28-/m0/s1. The molecular weight excluding hydrogens is 492 g/mol. The number of ether oxygens (including phenoxy) is 2. The third-order valence-corrected chi connectivity index (χ3v) is 7.70. The molecule has 1 saturated heterocycles. The first-order valence-electron chi connectivity index (χ1n) is 14.1. The molecule has 2 heterocycles. The molecular formula is C32H42N2O5. The average molecular weight is 535 g/mol. The molecule has 2 aromatic rings. The summed E-state index contributed by atoms with van der Waals surface area (Å²) >= 11 is 0. The highest BCUT2D eigenvalue weighted by atomic mass is 16.6. The van der Waals surface area contributed by atoms with Gasteiger partial charge in [-0.15, -0.1) is 0 Å². The van der Waals surface area contributed by atoms with Crippen molar-refractivity contribution in [1.82, 2.24) is 9.80 Å². The molecule has 2 aliphatic rings. The maximum atomic E-state index is 13.4. The van der Waals surface area contributed by atoms with Crippen LogP contribution in [0.5, 0.6) is 0 Å². The van der Waals surface area contributed by atoms with Gasteiger partial charge in [-0.05, 0) is 101 Å². The molecule has 7 nitrogen and oxygen atoms in total. The van der Waals surface area contributed by atoms with E-state index < -0.39 is 29.5 Å². The quantitative estimate of drug-likeness (QED) is 0.371. The van der Waals surface area contributed by atoms with Crippen molar-refractivity contribution in [3.63, 3.8) is 0 Å². The second-order valence-corrected chi connectivity index (χ2v) is 11.7. The lowest BCUT2D eigenvalue weighted by Gasteiger charge is -2.30. The number of aryl methyl sites for hydroxylation is 1. The van der Waals surface area contributed by atoms with Gasteiger partial charge in [-0.2, -0.15) is 0 Å². The number of hydrogen-bond acceptors (Lipinski definition) is 5. The third kappa shape index (κ3) is 6.03. The summed E-state index contributed by atoms with van der Waals surface area (Å²) in [6.45, 7) is 15.8. The third-order valence-electron chi connectivity index (χ3n) is 7.70. The highest BCUT2D eigenvalue weighted by Crippen LogP contribution is 2.44. The molecule has 39 heavy (non-hydrogen) atoms. The molecule has 0 radical (unpaired) electrons. The number of fused-ring (bicyclic) bond motifs is 1. The van der Waals surface area contributed by atoms with Crippen molar-refractivity contribution in [2.45, 2.75) is 92.5 Å². The Morgan fingerprint density at radius 3 is 1.97 bits per heavy atom. The number of nitrogens with zero attached hydrogens (tertiary/aromatic N) is 2. The highest BCUT2D eigenvalue weighted by Gasteiger charge is 2.38. The van der Waals surface area contributed by atoms with Gasteiger partial charge in [-0.3, -0.25) is 9.59 Å². The Bertz CT molecular complexity index is 1250. The minimum Gasteiger partial charge on any atom is -0.464 e. The van der Waals surface area contributed by atoms with E-state index in [2.05, 4.69) is 24.3 Å². The van der Waals surface area contributed by atoms with E-state index in [1.165, 1.54) is 0 Å². The van der Waals surface area contributed by atoms with Gasteiger partial charge in [0.2, 0.25) is 0 Å². The van der Waals surface area contributed by atoms with Crippen LogP contribution >= 0.6 is 0 Å². The number of benzene rings is 2. The summed E-state index contributed by atoms with van der Waals surface area (Å²) in [6, 6.07) is 8.23. The van der Waals surface area contributed by atoms with Crippen LogP contribution in [0.2, 0.25) is 0 Å². The van der Waals surface area contributed by atoms with Crippen molar-refractivity contribution in [2.24, 2.45) is 0 Å². The molecule has 210 valence electrons. The molecule has 0 spiro atoms. The van der Waals surface area contributed by atoms with Gasteiger partial charge in [0.05, 0.1) is 12.2 Å². The Hall–Kier alpha value is -3.19. The van der Waals surface area contributed by atoms with Gasteiger partial charge in [0.15, 0.2) is 6.10 Å². The number of piperidine rings is 1. The van der Waals surface area contributed by atoms with Crippen LogP contribution < -0.4 is 0 Å². The molecule has 1 fully saturated rings. The fourth-order valence-electron chi connectivity index (χ4n) is 5.75. The Morgan fingerprint density at radius 1 is 0.846 bits per heavy atom. The fraction of sp³-hybridized carbons (Fsp3) is 0.531. The predicted molar refractivity (Wildman–Crippen MR) is 151 cm³/mol. The van der Waals surface area contributed by atoms with Crippen LogP contribution in [0.4, 0.5) is 0 Å². The van der Waals surface area contributed by atoms with E-state index in [4.69, 9.17) is 9.47 Å². The maximum absolute atomic E-state index is 13.4. The van der Waals surface area contributed by atoms with Gasteiger partial charge in [0, 0.05) is 31.7 Å². The molecule has 7 heteroatoms. The summed E-state index contributed by atoms with van der Waals surface area (Å²) in [5.74, 6) is -1.31. The van der Waals surface area contributed by atoms with E-state index in [0.717, 1.165) is 63.8 Å². The number of likely N-dealkylation sites (tertiary alicyclic amines) is 1. The normalized spacial score (nSPS) is 16.2. The van der Waals surface area contributed by atoms with Crippen LogP contribution in [0.3, 0.4) is 0 Å². The second-order valence-electron chi connectivity index (χ2n) is 11.7. The molecule has 0 aromatic heterocycles. The molecule has 0 aliphatic carbocycles. The smallest absolute Gasteiger partial charge is 0.339 e. The summed E-state index contributed by atoms with van der Waals surface area (Å²) in [4.78, 5) is 43.2. The van der Waals surface area contributed by atoms with Crippen molar-refractivity contribution < 1.29 is 23.9 Å². The zero-order valence-electron chi connectivity index (χ0n) is 24.5. The topological polar surface area (TPSA) is 76.1 Å². The summed E-state index contributed by atoms with van der Waals surface area (Å²) in [7, 11) is 0. The van der Waals surface area contributed by atoms with Crippen molar-refractivity contribution in [3.8, 4) is 11.1 Å². The van der Waals surface area contributed by atoms with Gasteiger partial charge >= 0.3 is 17.8 Å². The first-order valence-corrected chi connectivity index (χ1v) is 14.1. The molecule has 0 bridgehead atoms. The zero-order chi connectivity index (χ0) is 28.5. The van der Waals surface area contributed by atoms with Crippen LogP contribution in [-0.2, 0) is 36.9 Å². The van der Waals surface area contributed by atoms with Crippen LogP contribution in [0, 0.1) is 20.8 Å². The molecule has 0 saturated carbocycles. The van der Waals surface area contributed by atoms with Gasteiger partial charge < -0.3 is 19.3 Å². The Morgan fingerprint density at radius 2 is 1.41 bits per heavy atom. The van der Waals surface area contributed by atoms with E-state index in [1.54, 1.807) is 16.7 Å². The summed E-state index contributed by atoms with van der Waals surface area (Å²) < 4.78 is 11.9. The van der Waals surface area contributed by atoms with Crippen molar-refractivity contribution in [2.75, 3.05) is 19.7 Å². The SMILES string of the molecule is CCOC(=O)[C@@H](OC(C)(C)C)c1c(C)c2c(c(C)c1-c1ccc(C)cc1)CN(C(=O)C(=O)N1CCCCC1)C2. The predicted octanol–water partition coefficient (Wildman–Crippen LogP) is 5.55. The number of hydrogen-bond donors (Lipinski definition) is 0. The van der Waals surface area contributed by atoms with Gasteiger partial charge in [0.1, 0.15) is 0 Å². The number of carbonyl (C=O) groups is 3. The minimum atomic E-state index is -0.940. The first kappa shape index (κ1) is 28.8. The van der Waals surface area contributed by atoms with E-state index in [-0.39, 0.29) is 6.61 Å². The molecule has 2 aromatic carbocycles. The second kappa shape index (κ2) is 11.5. The van der Waals surface area contributed by atoms with Crippen LogP contribution in [0.1, 0.15) is 86.4 Å². The molecule has 1 atom stereocenters. The van der Waals surface area contributed by atoms with Gasteiger partial charge in [0.25, 0.3) is 0 Å². The van der Waals surface area contributed by atoms with Gasteiger partial charge in [-0.25, -0.2) is 4.79 Å². The Labute approximate surface area is 232 Å². The molecule has 0 unspecified atom stereocenters. The van der Waals surface area contributed by atoms with Crippen molar-refractivity contribution in [1.29, 1.82) is 0 Å². The lowest BCUT2D eigenvalue weighted by Crippen LogP contribution is -2.45. The van der Waals surface area contributed by atoms with E-state index in [1.807, 2.05) is 41.5 Å². The van der Waals surface area contributed by atoms with E-state index in [9.17, 15) is 14.4 Å². The van der Waals surface area contributed by atoms with Crippen molar-refractivity contribution >= 4 is 17.8 Å². The van der Waals surface area contributed by atoms with Crippen molar-refractivity contribution in [3.05, 3.63) is 57.6 Å². The molecule has 2 aliphatic heterocycles. The monoisotopic (exact) mass is 534 g/mol. The molecule has 4 rings (SSSR count).